The van der Waals surface area contributed by atoms with Crippen LogP contribution in [0.25, 0.3) is 0 Å². The average Bonchev–Trinajstić information content (AvgIpc) is 2.63. The van der Waals surface area contributed by atoms with Gasteiger partial charge in [0.25, 0.3) is 5.97 Å². The fourth-order valence-electron chi connectivity index (χ4n) is 3.41. The molecule has 1 atom stereocenters. The van der Waals surface area contributed by atoms with E-state index in [2.05, 4.69) is 20.4 Å². The molecule has 0 radical (unpaired) electrons. The highest BCUT2D eigenvalue weighted by Crippen LogP contribution is 2.44. The SMILES string of the molecule is C=CC(=O)OCCCC(C)(CCCCCCCC)C(OC)(OC)OC. The number of ether oxygens (including phenoxy) is 4. The summed E-state index contributed by atoms with van der Waals surface area (Å²) in [5.74, 6) is -1.49. The van der Waals surface area contributed by atoms with Crippen molar-refractivity contribution in [1.29, 1.82) is 0 Å². The lowest BCUT2D eigenvalue weighted by Crippen LogP contribution is -2.51. The molecule has 25 heavy (non-hydrogen) atoms. The third-order valence-corrected chi connectivity index (χ3v) is 4.91. The maximum Gasteiger partial charge on any atom is 0.330 e. The van der Waals surface area contributed by atoms with Crippen molar-refractivity contribution < 1.29 is 23.7 Å². The first kappa shape index (κ1) is 24.1. The molecule has 0 amide bonds. The summed E-state index contributed by atoms with van der Waals surface area (Å²) in [7, 11) is 4.80. The lowest BCUT2D eigenvalue weighted by Gasteiger charge is -2.45. The van der Waals surface area contributed by atoms with E-state index in [9.17, 15) is 4.79 Å². The summed E-state index contributed by atoms with van der Waals surface area (Å²) in [5, 5.41) is 0. The normalized spacial score (nSPS) is 14.1. The molecule has 5 nitrogen and oxygen atoms in total. The maximum atomic E-state index is 11.2. The number of carbonyl (C=O) groups excluding carboxylic acids is 1. The molecule has 0 aromatic heterocycles. The van der Waals surface area contributed by atoms with E-state index >= 15 is 0 Å². The molecule has 0 aromatic carbocycles. The van der Waals surface area contributed by atoms with E-state index in [1.165, 1.54) is 38.2 Å². The van der Waals surface area contributed by atoms with Gasteiger partial charge >= 0.3 is 5.97 Å². The summed E-state index contributed by atoms with van der Waals surface area (Å²) in [6.07, 6.45) is 10.9. The second-order valence-electron chi connectivity index (χ2n) is 6.72. The molecule has 0 rings (SSSR count). The van der Waals surface area contributed by atoms with Crippen LogP contribution in [0.2, 0.25) is 0 Å². The van der Waals surface area contributed by atoms with E-state index < -0.39 is 11.9 Å². The van der Waals surface area contributed by atoms with Crippen LogP contribution in [0.15, 0.2) is 12.7 Å². The van der Waals surface area contributed by atoms with E-state index in [0.717, 1.165) is 19.3 Å². The van der Waals surface area contributed by atoms with E-state index in [0.29, 0.717) is 13.0 Å². The summed E-state index contributed by atoms with van der Waals surface area (Å²) in [6.45, 7) is 8.09. The monoisotopic (exact) mass is 358 g/mol. The van der Waals surface area contributed by atoms with Gasteiger partial charge < -0.3 is 18.9 Å². The Labute approximate surface area is 154 Å². The predicted octanol–water partition coefficient (Wildman–Crippen LogP) is 4.85. The minimum Gasteiger partial charge on any atom is -0.463 e. The molecule has 0 spiro atoms. The smallest absolute Gasteiger partial charge is 0.330 e. The van der Waals surface area contributed by atoms with Crippen molar-refractivity contribution in [3.8, 4) is 0 Å². The van der Waals surface area contributed by atoms with Gasteiger partial charge in [0.15, 0.2) is 0 Å². The summed E-state index contributed by atoms with van der Waals surface area (Å²) in [6, 6.07) is 0. The molecule has 0 saturated heterocycles. The molecule has 0 fully saturated rings. The van der Waals surface area contributed by atoms with E-state index in [1.54, 1.807) is 21.3 Å². The van der Waals surface area contributed by atoms with Crippen molar-refractivity contribution >= 4 is 5.97 Å². The molecule has 0 aromatic rings. The Balaban J connectivity index is 4.74. The zero-order valence-corrected chi connectivity index (χ0v) is 16.9. The molecule has 0 aliphatic heterocycles. The molecule has 5 heteroatoms. The maximum absolute atomic E-state index is 11.2. The van der Waals surface area contributed by atoms with Gasteiger partial charge in [-0.25, -0.2) is 4.79 Å². The minimum absolute atomic E-state index is 0.337. The van der Waals surface area contributed by atoms with Crippen LogP contribution < -0.4 is 0 Å². The topological polar surface area (TPSA) is 54.0 Å². The standard InChI is InChI=1S/C20H38O5/c1-7-9-10-11-12-13-15-19(3,20(22-4,23-5)24-6)16-14-17-25-18(21)8-2/h8H,2,7,9-17H2,1,3-6H3. The highest BCUT2D eigenvalue weighted by molar-refractivity contribution is 5.81. The van der Waals surface area contributed by atoms with Gasteiger partial charge in [-0.15, -0.1) is 0 Å². The summed E-state index contributed by atoms with van der Waals surface area (Å²) >= 11 is 0. The third-order valence-electron chi connectivity index (χ3n) is 4.91. The van der Waals surface area contributed by atoms with Crippen LogP contribution in [-0.4, -0.2) is 39.9 Å². The zero-order chi connectivity index (χ0) is 19.2. The van der Waals surface area contributed by atoms with Gasteiger partial charge in [0, 0.05) is 32.8 Å². The molecule has 1 unspecified atom stereocenters. The van der Waals surface area contributed by atoms with Gasteiger partial charge in [-0.3, -0.25) is 0 Å². The number of carbonyl (C=O) groups is 1. The number of unbranched alkanes of at least 4 members (excludes halogenated alkanes) is 5. The quantitative estimate of drug-likeness (QED) is 0.171. The Morgan fingerprint density at radius 3 is 1.96 bits per heavy atom. The Morgan fingerprint density at radius 1 is 0.920 bits per heavy atom. The Bertz CT molecular complexity index is 357. The van der Waals surface area contributed by atoms with Gasteiger partial charge in [-0.05, 0) is 19.3 Å². The fraction of sp³-hybridized carbons (Fsp3) is 0.850. The zero-order valence-electron chi connectivity index (χ0n) is 16.9. The summed E-state index contributed by atoms with van der Waals surface area (Å²) in [5.41, 5.74) is -0.337. The molecule has 0 bridgehead atoms. The van der Waals surface area contributed by atoms with Gasteiger partial charge in [0.1, 0.15) is 0 Å². The van der Waals surface area contributed by atoms with Crippen LogP contribution in [0.5, 0.6) is 0 Å². The Kier molecular flexibility index (Phi) is 12.8. The van der Waals surface area contributed by atoms with Crippen molar-refractivity contribution in [2.24, 2.45) is 5.41 Å². The number of hydrogen-bond donors (Lipinski definition) is 0. The molecule has 0 heterocycles. The fourth-order valence-corrected chi connectivity index (χ4v) is 3.41. The van der Waals surface area contributed by atoms with Crippen molar-refractivity contribution in [2.45, 2.75) is 77.6 Å². The van der Waals surface area contributed by atoms with Crippen molar-refractivity contribution in [1.82, 2.24) is 0 Å². The van der Waals surface area contributed by atoms with Crippen LogP contribution in [-0.2, 0) is 23.7 Å². The lowest BCUT2D eigenvalue weighted by atomic mass is 9.77. The first-order valence-corrected chi connectivity index (χ1v) is 9.40. The molecule has 0 saturated carbocycles. The lowest BCUT2D eigenvalue weighted by molar-refractivity contribution is -0.406. The number of esters is 1. The van der Waals surface area contributed by atoms with Gasteiger partial charge in [-0.2, -0.15) is 0 Å². The number of hydrogen-bond acceptors (Lipinski definition) is 5. The highest BCUT2D eigenvalue weighted by atomic mass is 16.9. The molecule has 0 aliphatic carbocycles. The largest absolute Gasteiger partial charge is 0.463 e. The summed E-state index contributed by atoms with van der Waals surface area (Å²) < 4.78 is 22.0. The minimum atomic E-state index is -1.10. The van der Waals surface area contributed by atoms with Crippen molar-refractivity contribution in [3.05, 3.63) is 12.7 Å². The van der Waals surface area contributed by atoms with Gasteiger partial charge in [-0.1, -0.05) is 59.0 Å². The molecule has 0 N–H and O–H groups in total. The van der Waals surface area contributed by atoms with Crippen LogP contribution in [0, 0.1) is 5.41 Å². The van der Waals surface area contributed by atoms with Crippen molar-refractivity contribution in [3.63, 3.8) is 0 Å². The number of methoxy groups -OCH3 is 3. The van der Waals surface area contributed by atoms with E-state index in [1.807, 2.05) is 0 Å². The van der Waals surface area contributed by atoms with Crippen LogP contribution in [0.4, 0.5) is 0 Å². The average molecular weight is 359 g/mol. The van der Waals surface area contributed by atoms with Gasteiger partial charge in [0.2, 0.25) is 0 Å². The second-order valence-corrected chi connectivity index (χ2v) is 6.72. The molecule has 148 valence electrons. The second kappa shape index (κ2) is 13.3. The first-order chi connectivity index (χ1) is 11.9. The highest BCUT2D eigenvalue weighted by Gasteiger charge is 2.49. The Hall–Kier alpha value is -0.910. The van der Waals surface area contributed by atoms with Gasteiger partial charge in [0.05, 0.1) is 6.61 Å². The summed E-state index contributed by atoms with van der Waals surface area (Å²) in [4.78, 5) is 11.2. The Morgan fingerprint density at radius 2 is 1.44 bits per heavy atom. The molecular formula is C20H38O5. The molecule has 0 aliphatic rings. The van der Waals surface area contributed by atoms with E-state index in [-0.39, 0.29) is 5.41 Å². The number of rotatable bonds is 16. The van der Waals surface area contributed by atoms with Crippen LogP contribution in [0.1, 0.15) is 71.6 Å². The molecular weight excluding hydrogens is 320 g/mol. The first-order valence-electron chi connectivity index (χ1n) is 9.40. The van der Waals surface area contributed by atoms with Crippen molar-refractivity contribution in [2.75, 3.05) is 27.9 Å². The van der Waals surface area contributed by atoms with E-state index in [4.69, 9.17) is 18.9 Å². The third kappa shape index (κ3) is 7.89. The predicted molar refractivity (Wildman–Crippen MR) is 100 cm³/mol. The van der Waals surface area contributed by atoms with Crippen LogP contribution >= 0.6 is 0 Å². The van der Waals surface area contributed by atoms with Crippen LogP contribution in [0.3, 0.4) is 0 Å².